The SMILES string of the molecule is CC(=O)Nc1cccc(C(=O)NC(C)c2ccccc2)c1. The van der Waals surface area contributed by atoms with Gasteiger partial charge < -0.3 is 10.6 Å². The highest BCUT2D eigenvalue weighted by Gasteiger charge is 2.11. The van der Waals surface area contributed by atoms with Gasteiger partial charge in [-0.05, 0) is 30.7 Å². The van der Waals surface area contributed by atoms with Crippen molar-refractivity contribution in [3.05, 3.63) is 65.7 Å². The summed E-state index contributed by atoms with van der Waals surface area (Å²) in [7, 11) is 0. The number of hydrogen-bond donors (Lipinski definition) is 2. The van der Waals surface area contributed by atoms with E-state index >= 15 is 0 Å². The van der Waals surface area contributed by atoms with E-state index in [9.17, 15) is 9.59 Å². The normalized spacial score (nSPS) is 11.5. The highest BCUT2D eigenvalue weighted by molar-refractivity contribution is 5.96. The van der Waals surface area contributed by atoms with E-state index in [-0.39, 0.29) is 17.9 Å². The van der Waals surface area contributed by atoms with E-state index in [2.05, 4.69) is 10.6 Å². The van der Waals surface area contributed by atoms with Crippen LogP contribution in [0.2, 0.25) is 0 Å². The summed E-state index contributed by atoms with van der Waals surface area (Å²) < 4.78 is 0. The van der Waals surface area contributed by atoms with Crippen LogP contribution in [0.5, 0.6) is 0 Å². The molecular weight excluding hydrogens is 264 g/mol. The Kier molecular flexibility index (Phi) is 4.72. The van der Waals surface area contributed by atoms with Crippen LogP contribution >= 0.6 is 0 Å². The molecule has 0 heterocycles. The first-order valence-corrected chi connectivity index (χ1v) is 6.79. The van der Waals surface area contributed by atoms with Crippen LogP contribution < -0.4 is 10.6 Å². The average molecular weight is 282 g/mol. The molecule has 0 aliphatic heterocycles. The molecule has 0 fully saturated rings. The summed E-state index contributed by atoms with van der Waals surface area (Å²) in [5.74, 6) is -0.330. The summed E-state index contributed by atoms with van der Waals surface area (Å²) in [5, 5.41) is 5.61. The Morgan fingerprint density at radius 1 is 1.00 bits per heavy atom. The third kappa shape index (κ3) is 4.18. The van der Waals surface area contributed by atoms with E-state index in [0.29, 0.717) is 11.3 Å². The van der Waals surface area contributed by atoms with E-state index in [1.807, 2.05) is 37.3 Å². The van der Waals surface area contributed by atoms with Gasteiger partial charge in [-0.2, -0.15) is 0 Å². The number of carbonyl (C=O) groups excluding carboxylic acids is 2. The number of hydrogen-bond acceptors (Lipinski definition) is 2. The zero-order valence-electron chi connectivity index (χ0n) is 12.1. The molecule has 2 aromatic carbocycles. The first kappa shape index (κ1) is 14.8. The van der Waals surface area contributed by atoms with Crippen molar-refractivity contribution in [1.82, 2.24) is 5.32 Å². The predicted molar refractivity (Wildman–Crippen MR) is 83.1 cm³/mol. The Bertz CT molecular complexity index is 638. The predicted octanol–water partition coefficient (Wildman–Crippen LogP) is 3.14. The van der Waals surface area contributed by atoms with Crippen molar-refractivity contribution in [3.8, 4) is 0 Å². The fourth-order valence-electron chi connectivity index (χ4n) is 2.05. The van der Waals surface area contributed by atoms with Crippen LogP contribution in [0.4, 0.5) is 5.69 Å². The Balaban J connectivity index is 2.08. The van der Waals surface area contributed by atoms with E-state index in [1.165, 1.54) is 6.92 Å². The maximum Gasteiger partial charge on any atom is 0.251 e. The zero-order chi connectivity index (χ0) is 15.2. The first-order valence-electron chi connectivity index (χ1n) is 6.79. The molecule has 0 aliphatic carbocycles. The fraction of sp³-hybridized carbons (Fsp3) is 0.176. The molecule has 0 saturated heterocycles. The minimum absolute atomic E-state index is 0.0804. The third-order valence-electron chi connectivity index (χ3n) is 3.09. The quantitative estimate of drug-likeness (QED) is 0.905. The second kappa shape index (κ2) is 6.70. The van der Waals surface area contributed by atoms with Crippen molar-refractivity contribution in [2.45, 2.75) is 19.9 Å². The van der Waals surface area contributed by atoms with Crippen LogP contribution in [0.15, 0.2) is 54.6 Å². The van der Waals surface area contributed by atoms with Crippen LogP contribution in [0.25, 0.3) is 0 Å². The molecule has 2 N–H and O–H groups in total. The number of benzene rings is 2. The fourth-order valence-corrected chi connectivity index (χ4v) is 2.05. The second-order valence-corrected chi connectivity index (χ2v) is 4.87. The van der Waals surface area contributed by atoms with Gasteiger partial charge in [-0.15, -0.1) is 0 Å². The van der Waals surface area contributed by atoms with Crippen molar-refractivity contribution in [1.29, 1.82) is 0 Å². The number of anilines is 1. The lowest BCUT2D eigenvalue weighted by Crippen LogP contribution is -2.26. The summed E-state index contributed by atoms with van der Waals surface area (Å²) in [6.07, 6.45) is 0. The van der Waals surface area contributed by atoms with Crippen LogP contribution in [0.3, 0.4) is 0 Å². The minimum atomic E-state index is -0.168. The average Bonchev–Trinajstić information content (AvgIpc) is 2.47. The lowest BCUT2D eigenvalue weighted by Gasteiger charge is -2.14. The highest BCUT2D eigenvalue weighted by Crippen LogP contribution is 2.14. The Morgan fingerprint density at radius 3 is 2.38 bits per heavy atom. The maximum atomic E-state index is 12.2. The largest absolute Gasteiger partial charge is 0.346 e. The number of carbonyl (C=O) groups is 2. The number of rotatable bonds is 4. The van der Waals surface area contributed by atoms with Crippen molar-refractivity contribution in [2.75, 3.05) is 5.32 Å². The summed E-state index contributed by atoms with van der Waals surface area (Å²) in [5.41, 5.74) is 2.18. The molecular formula is C17H18N2O2. The van der Waals surface area contributed by atoms with Gasteiger partial charge in [0.15, 0.2) is 0 Å². The second-order valence-electron chi connectivity index (χ2n) is 4.87. The van der Waals surface area contributed by atoms with Crippen LogP contribution in [0.1, 0.15) is 35.8 Å². The van der Waals surface area contributed by atoms with Gasteiger partial charge in [0.2, 0.25) is 5.91 Å². The topological polar surface area (TPSA) is 58.2 Å². The third-order valence-corrected chi connectivity index (χ3v) is 3.09. The number of nitrogens with one attached hydrogen (secondary N) is 2. The lowest BCUT2D eigenvalue weighted by atomic mass is 10.1. The highest BCUT2D eigenvalue weighted by atomic mass is 16.2. The Hall–Kier alpha value is -2.62. The van der Waals surface area contributed by atoms with Gasteiger partial charge in [-0.3, -0.25) is 9.59 Å². The van der Waals surface area contributed by atoms with Gasteiger partial charge in [0.25, 0.3) is 5.91 Å². The van der Waals surface area contributed by atoms with Crippen molar-refractivity contribution < 1.29 is 9.59 Å². The van der Waals surface area contributed by atoms with Gasteiger partial charge in [0.1, 0.15) is 0 Å². The molecule has 2 rings (SSSR count). The van der Waals surface area contributed by atoms with Crippen LogP contribution in [0, 0.1) is 0 Å². The summed E-state index contributed by atoms with van der Waals surface area (Å²) in [6, 6.07) is 16.6. The molecule has 1 atom stereocenters. The van der Waals surface area contributed by atoms with Gasteiger partial charge in [0.05, 0.1) is 6.04 Å². The van der Waals surface area contributed by atoms with Crippen LogP contribution in [-0.2, 0) is 4.79 Å². The molecule has 0 aromatic heterocycles. The minimum Gasteiger partial charge on any atom is -0.346 e. The van der Waals surface area contributed by atoms with Crippen molar-refractivity contribution >= 4 is 17.5 Å². The molecule has 108 valence electrons. The van der Waals surface area contributed by atoms with E-state index in [1.54, 1.807) is 24.3 Å². The maximum absolute atomic E-state index is 12.2. The van der Waals surface area contributed by atoms with Gasteiger partial charge in [-0.25, -0.2) is 0 Å². The standard InChI is InChI=1S/C17H18N2O2/c1-12(14-7-4-3-5-8-14)18-17(21)15-9-6-10-16(11-15)19-13(2)20/h3-12H,1-2H3,(H,18,21)(H,19,20). The van der Waals surface area contributed by atoms with Gasteiger partial charge in [0, 0.05) is 18.2 Å². The molecule has 0 saturated carbocycles. The van der Waals surface area contributed by atoms with Crippen molar-refractivity contribution in [2.24, 2.45) is 0 Å². The van der Waals surface area contributed by atoms with E-state index in [0.717, 1.165) is 5.56 Å². The Labute approximate surface area is 124 Å². The summed E-state index contributed by atoms with van der Waals surface area (Å²) in [6.45, 7) is 3.37. The van der Waals surface area contributed by atoms with Crippen LogP contribution in [-0.4, -0.2) is 11.8 Å². The summed E-state index contributed by atoms with van der Waals surface area (Å²) in [4.78, 5) is 23.3. The summed E-state index contributed by atoms with van der Waals surface area (Å²) >= 11 is 0. The molecule has 1 unspecified atom stereocenters. The number of amides is 2. The molecule has 0 bridgehead atoms. The van der Waals surface area contributed by atoms with Gasteiger partial charge >= 0.3 is 0 Å². The molecule has 2 amide bonds. The molecule has 4 nitrogen and oxygen atoms in total. The molecule has 0 aliphatic rings. The molecule has 21 heavy (non-hydrogen) atoms. The monoisotopic (exact) mass is 282 g/mol. The smallest absolute Gasteiger partial charge is 0.251 e. The lowest BCUT2D eigenvalue weighted by molar-refractivity contribution is -0.114. The van der Waals surface area contributed by atoms with Gasteiger partial charge in [-0.1, -0.05) is 36.4 Å². The van der Waals surface area contributed by atoms with Crippen molar-refractivity contribution in [3.63, 3.8) is 0 Å². The zero-order valence-corrected chi connectivity index (χ0v) is 12.1. The molecule has 0 radical (unpaired) electrons. The Morgan fingerprint density at radius 2 is 1.71 bits per heavy atom. The first-order chi connectivity index (χ1) is 10.1. The molecule has 0 spiro atoms. The van der Waals surface area contributed by atoms with E-state index in [4.69, 9.17) is 0 Å². The molecule has 4 heteroatoms. The van der Waals surface area contributed by atoms with E-state index < -0.39 is 0 Å². The molecule has 2 aromatic rings.